The Morgan fingerprint density at radius 3 is 2.68 bits per heavy atom. The van der Waals surface area contributed by atoms with Crippen molar-refractivity contribution in [1.82, 2.24) is 34.7 Å². The Morgan fingerprint density at radius 1 is 0.973 bits per heavy atom. The lowest BCUT2D eigenvalue weighted by atomic mass is 9.99. The molecule has 4 heterocycles. The van der Waals surface area contributed by atoms with E-state index in [2.05, 4.69) is 30.8 Å². The number of hydrogen-bond acceptors (Lipinski definition) is 6. The molecule has 3 aromatic heterocycles. The van der Waals surface area contributed by atoms with E-state index in [1.165, 1.54) is 21.6 Å². The van der Waals surface area contributed by atoms with E-state index in [4.69, 9.17) is 23.2 Å². The van der Waals surface area contributed by atoms with E-state index >= 15 is 0 Å². The summed E-state index contributed by atoms with van der Waals surface area (Å²) in [5, 5.41) is 15.1. The Labute approximate surface area is 219 Å². The molecule has 2 N–H and O–H groups in total. The largest absolute Gasteiger partial charge is 0.331 e. The number of imidazole rings is 1. The summed E-state index contributed by atoms with van der Waals surface area (Å²) in [6, 6.07) is 14.3. The lowest BCUT2D eigenvalue weighted by Crippen LogP contribution is -2.20. The molecule has 0 atom stereocenters. The summed E-state index contributed by atoms with van der Waals surface area (Å²) in [6.07, 6.45) is 4.28. The predicted octanol–water partition coefficient (Wildman–Crippen LogP) is 4.12. The van der Waals surface area contributed by atoms with E-state index in [-0.39, 0.29) is 18.0 Å². The highest BCUT2D eigenvalue weighted by molar-refractivity contribution is 6.32. The monoisotopic (exact) mass is 532 g/mol. The maximum atomic E-state index is 13.0. The summed E-state index contributed by atoms with van der Waals surface area (Å²) in [4.78, 5) is 32.4. The normalized spacial score (nSPS) is 12.9. The number of anilines is 1. The smallest absolute Gasteiger partial charge is 0.251 e. The van der Waals surface area contributed by atoms with Crippen molar-refractivity contribution in [3.8, 4) is 28.1 Å². The van der Waals surface area contributed by atoms with Crippen LogP contribution in [0.15, 0.2) is 65.8 Å². The Kier molecular flexibility index (Phi) is 5.82. The number of nitrogens with zero attached hydrogens (tertiary/aromatic N) is 6. The average molecular weight is 533 g/mol. The number of H-pyrrole nitrogens is 1. The Balaban J connectivity index is 1.28. The first-order chi connectivity index (χ1) is 17.9. The van der Waals surface area contributed by atoms with E-state index in [1.807, 2.05) is 24.3 Å². The molecule has 6 rings (SSSR count). The summed E-state index contributed by atoms with van der Waals surface area (Å²) in [7, 11) is 0. The van der Waals surface area contributed by atoms with Crippen LogP contribution >= 0.6 is 23.2 Å². The molecule has 1 amide bonds. The number of nitrogens with one attached hydrogen (secondary N) is 2. The van der Waals surface area contributed by atoms with Gasteiger partial charge in [-0.25, -0.2) is 4.98 Å². The van der Waals surface area contributed by atoms with Gasteiger partial charge in [-0.05, 0) is 64.4 Å². The van der Waals surface area contributed by atoms with Crippen molar-refractivity contribution < 1.29 is 4.79 Å². The molecule has 0 fully saturated rings. The van der Waals surface area contributed by atoms with Crippen molar-refractivity contribution in [1.29, 1.82) is 0 Å². The second-order valence-electron chi connectivity index (χ2n) is 8.56. The molecule has 10 nitrogen and oxygen atoms in total. The molecule has 0 spiro atoms. The third-order valence-corrected chi connectivity index (χ3v) is 6.67. The van der Waals surface area contributed by atoms with Gasteiger partial charge in [-0.15, -0.1) is 5.10 Å². The summed E-state index contributed by atoms with van der Waals surface area (Å²) < 4.78 is 3.05. The van der Waals surface area contributed by atoms with Gasteiger partial charge in [-0.1, -0.05) is 29.3 Å². The highest BCUT2D eigenvalue weighted by atomic mass is 35.5. The first-order valence-electron chi connectivity index (χ1n) is 11.4. The fourth-order valence-electron chi connectivity index (χ4n) is 4.37. The molecule has 0 saturated carbocycles. The van der Waals surface area contributed by atoms with Crippen LogP contribution in [0.2, 0.25) is 10.2 Å². The zero-order chi connectivity index (χ0) is 25.5. The highest BCUT2D eigenvalue weighted by Gasteiger charge is 2.18. The van der Waals surface area contributed by atoms with Gasteiger partial charge >= 0.3 is 0 Å². The molecular formula is C25H18Cl2N8O2. The van der Waals surface area contributed by atoms with Crippen LogP contribution in [0.1, 0.15) is 17.8 Å². The van der Waals surface area contributed by atoms with E-state index < -0.39 is 0 Å². The number of amides is 1. The lowest BCUT2D eigenvalue weighted by molar-refractivity contribution is -0.116. The minimum absolute atomic E-state index is 0.0128. The number of aryl methyl sites for hydroxylation is 1. The van der Waals surface area contributed by atoms with Crippen molar-refractivity contribution in [3.05, 3.63) is 93.0 Å². The standard InChI is InChI=1S/C25H18Cl2N8O2/c26-17-3-5-20(35-13-28-32-33-35)18(11-17)14-7-8-34(23(37)10-14)12-21-30-24(25(27)31-21)16-1-4-19-15(9-16)2-6-22(36)29-19/h1,3-5,7-11,13H,2,6,12H2,(H,29,36)(H,30,31). The maximum absolute atomic E-state index is 13.0. The van der Waals surface area contributed by atoms with Gasteiger partial charge in [0.25, 0.3) is 5.56 Å². The SMILES string of the molecule is O=C1CCc2cc(-c3nc(Cn4ccc(-c5cc(Cl)ccc5-n5cnnn5)cc4=O)[nH]c3Cl)ccc2N1. The van der Waals surface area contributed by atoms with Crippen molar-refractivity contribution >= 4 is 34.8 Å². The minimum Gasteiger partial charge on any atom is -0.331 e. The molecule has 5 aromatic rings. The third kappa shape index (κ3) is 4.52. The van der Waals surface area contributed by atoms with Crippen LogP contribution in [-0.2, 0) is 17.8 Å². The van der Waals surface area contributed by atoms with Gasteiger partial charge in [-0.3, -0.25) is 9.59 Å². The summed E-state index contributed by atoms with van der Waals surface area (Å²) in [6.45, 7) is 0.204. The minimum atomic E-state index is -0.223. The maximum Gasteiger partial charge on any atom is 0.251 e. The van der Waals surface area contributed by atoms with Crippen LogP contribution in [0.25, 0.3) is 28.1 Å². The molecule has 1 aliphatic heterocycles. The van der Waals surface area contributed by atoms with Crippen molar-refractivity contribution in [2.75, 3.05) is 5.32 Å². The molecule has 37 heavy (non-hydrogen) atoms. The van der Waals surface area contributed by atoms with Crippen molar-refractivity contribution in [2.45, 2.75) is 19.4 Å². The predicted molar refractivity (Wildman–Crippen MR) is 139 cm³/mol. The second-order valence-corrected chi connectivity index (χ2v) is 9.38. The molecule has 0 aliphatic carbocycles. The average Bonchev–Trinajstić information content (AvgIpc) is 3.55. The van der Waals surface area contributed by atoms with E-state index in [1.54, 1.807) is 24.4 Å². The van der Waals surface area contributed by atoms with Gasteiger partial charge in [-0.2, -0.15) is 4.68 Å². The van der Waals surface area contributed by atoms with Gasteiger partial charge in [0.15, 0.2) is 0 Å². The van der Waals surface area contributed by atoms with Gasteiger partial charge in [0.2, 0.25) is 5.91 Å². The van der Waals surface area contributed by atoms with Gasteiger partial charge in [0, 0.05) is 40.5 Å². The van der Waals surface area contributed by atoms with Crippen LogP contribution in [0.3, 0.4) is 0 Å². The molecule has 2 aromatic carbocycles. The third-order valence-electron chi connectivity index (χ3n) is 6.16. The van der Waals surface area contributed by atoms with Crippen LogP contribution in [0.4, 0.5) is 5.69 Å². The number of carbonyl (C=O) groups excluding carboxylic acids is 1. The number of pyridine rings is 1. The molecule has 0 saturated heterocycles. The number of rotatable bonds is 5. The van der Waals surface area contributed by atoms with E-state index in [9.17, 15) is 9.59 Å². The molecule has 184 valence electrons. The molecule has 1 aliphatic rings. The number of aromatic amines is 1. The first kappa shape index (κ1) is 23.1. The number of halogens is 2. The molecule has 0 bridgehead atoms. The number of hydrogen-bond donors (Lipinski definition) is 2. The van der Waals surface area contributed by atoms with E-state index in [0.717, 1.165) is 22.4 Å². The molecule has 0 unspecified atom stereocenters. The zero-order valence-corrected chi connectivity index (χ0v) is 20.7. The van der Waals surface area contributed by atoms with Gasteiger partial charge < -0.3 is 14.9 Å². The van der Waals surface area contributed by atoms with Gasteiger partial charge in [0.1, 0.15) is 23.0 Å². The summed E-state index contributed by atoms with van der Waals surface area (Å²) >= 11 is 12.7. The number of benzene rings is 2. The lowest BCUT2D eigenvalue weighted by Gasteiger charge is -2.17. The Bertz CT molecular complexity index is 1710. The Morgan fingerprint density at radius 2 is 1.86 bits per heavy atom. The first-order valence-corrected chi connectivity index (χ1v) is 12.1. The highest BCUT2D eigenvalue weighted by Crippen LogP contribution is 2.32. The quantitative estimate of drug-likeness (QED) is 0.351. The Hall–Kier alpha value is -4.28. The molecule has 12 heteroatoms. The van der Waals surface area contributed by atoms with Gasteiger partial charge in [0.05, 0.1) is 12.2 Å². The number of tetrazole rings is 1. The summed E-state index contributed by atoms with van der Waals surface area (Å²) in [5.41, 5.74) is 5.13. The van der Waals surface area contributed by atoms with Crippen molar-refractivity contribution in [2.24, 2.45) is 0 Å². The van der Waals surface area contributed by atoms with Crippen LogP contribution in [0, 0.1) is 0 Å². The van der Waals surface area contributed by atoms with Crippen LogP contribution in [0.5, 0.6) is 0 Å². The number of carbonyl (C=O) groups is 1. The molecular weight excluding hydrogens is 515 g/mol. The number of aromatic nitrogens is 7. The zero-order valence-electron chi connectivity index (χ0n) is 19.2. The molecule has 0 radical (unpaired) electrons. The second kappa shape index (κ2) is 9.30. The van der Waals surface area contributed by atoms with Crippen LogP contribution in [-0.4, -0.2) is 40.6 Å². The summed E-state index contributed by atoms with van der Waals surface area (Å²) in [5.74, 6) is 0.553. The van der Waals surface area contributed by atoms with E-state index in [0.29, 0.717) is 45.8 Å². The number of fused-ring (bicyclic) bond motifs is 1. The van der Waals surface area contributed by atoms with Crippen molar-refractivity contribution in [3.63, 3.8) is 0 Å². The fourth-order valence-corrected chi connectivity index (χ4v) is 4.81. The van der Waals surface area contributed by atoms with Crippen LogP contribution < -0.4 is 10.9 Å². The fraction of sp³-hybridized carbons (Fsp3) is 0.120. The topological polar surface area (TPSA) is 123 Å².